The zero-order chi connectivity index (χ0) is 22.9. The fourth-order valence-corrected chi connectivity index (χ4v) is 3.79. The molecule has 0 aliphatic heterocycles. The number of carbonyl (C=O) groups is 2. The highest BCUT2D eigenvalue weighted by atomic mass is 32.2. The van der Waals surface area contributed by atoms with Gasteiger partial charge in [-0.2, -0.15) is 0 Å². The molecule has 1 N–H and O–H groups in total. The number of amides is 1. The minimum Gasteiger partial charge on any atom is -0.494 e. The molecule has 0 radical (unpaired) electrons. The van der Waals surface area contributed by atoms with E-state index < -0.39 is 0 Å². The van der Waals surface area contributed by atoms with Crippen LogP contribution in [-0.4, -0.2) is 45.6 Å². The van der Waals surface area contributed by atoms with Crippen molar-refractivity contribution in [1.82, 2.24) is 14.8 Å². The van der Waals surface area contributed by atoms with E-state index >= 15 is 0 Å². The van der Waals surface area contributed by atoms with Gasteiger partial charge in [0.25, 0.3) is 0 Å². The molecule has 0 unspecified atom stereocenters. The summed E-state index contributed by atoms with van der Waals surface area (Å²) in [5.41, 5.74) is 1.98. The summed E-state index contributed by atoms with van der Waals surface area (Å²) in [6.45, 7) is 7.32. The van der Waals surface area contributed by atoms with Gasteiger partial charge in [-0.3, -0.25) is 4.79 Å². The Hall–Kier alpha value is -3.33. The first-order valence-corrected chi connectivity index (χ1v) is 11.4. The van der Waals surface area contributed by atoms with Crippen molar-refractivity contribution in [1.29, 1.82) is 0 Å². The summed E-state index contributed by atoms with van der Waals surface area (Å²) >= 11 is 1.32. The molecule has 0 saturated heterocycles. The molecule has 168 valence electrons. The number of esters is 1. The molecule has 1 amide bonds. The second kappa shape index (κ2) is 11.3. The number of carbonyl (C=O) groups excluding carboxylic acids is 2. The molecule has 0 aliphatic carbocycles. The van der Waals surface area contributed by atoms with Crippen LogP contribution in [0.15, 0.2) is 53.7 Å². The monoisotopic (exact) mass is 454 g/mol. The number of ether oxygens (including phenoxy) is 2. The molecule has 8 nitrogen and oxygen atoms in total. The van der Waals surface area contributed by atoms with Gasteiger partial charge in [-0.15, -0.1) is 10.2 Å². The lowest BCUT2D eigenvalue weighted by molar-refractivity contribution is -0.113. The topological polar surface area (TPSA) is 95.3 Å². The van der Waals surface area contributed by atoms with Gasteiger partial charge in [-0.25, -0.2) is 4.79 Å². The summed E-state index contributed by atoms with van der Waals surface area (Å²) in [7, 11) is 0. The minimum atomic E-state index is -0.386. The first-order valence-electron chi connectivity index (χ1n) is 10.4. The van der Waals surface area contributed by atoms with Crippen LogP contribution in [0, 0.1) is 0 Å². The summed E-state index contributed by atoms with van der Waals surface area (Å²) in [6, 6.07) is 14.3. The molecule has 0 atom stereocenters. The van der Waals surface area contributed by atoms with Crippen molar-refractivity contribution in [3.05, 3.63) is 54.1 Å². The van der Waals surface area contributed by atoms with E-state index in [1.54, 1.807) is 31.2 Å². The first-order chi connectivity index (χ1) is 15.5. The van der Waals surface area contributed by atoms with E-state index in [0.29, 0.717) is 36.2 Å². The SMILES string of the molecule is CCOC(=O)c1ccc(NC(=O)CSc2nnc(-c3ccc(OCC)cc3)n2CC)cc1. The third-order valence-electron chi connectivity index (χ3n) is 4.47. The van der Waals surface area contributed by atoms with Gasteiger partial charge >= 0.3 is 5.97 Å². The highest BCUT2D eigenvalue weighted by Gasteiger charge is 2.15. The molecule has 1 aromatic heterocycles. The largest absolute Gasteiger partial charge is 0.494 e. The van der Waals surface area contributed by atoms with Crippen molar-refractivity contribution < 1.29 is 19.1 Å². The lowest BCUT2D eigenvalue weighted by atomic mass is 10.2. The van der Waals surface area contributed by atoms with Gasteiger partial charge in [-0.05, 0) is 69.3 Å². The Morgan fingerprint density at radius 2 is 1.69 bits per heavy atom. The predicted octanol–water partition coefficient (Wildman–Crippen LogP) is 4.27. The smallest absolute Gasteiger partial charge is 0.338 e. The number of rotatable bonds is 10. The van der Waals surface area contributed by atoms with Crippen molar-refractivity contribution in [3.63, 3.8) is 0 Å². The van der Waals surface area contributed by atoms with Gasteiger partial charge in [0.05, 0.1) is 24.5 Å². The molecular weight excluding hydrogens is 428 g/mol. The number of thioether (sulfide) groups is 1. The lowest BCUT2D eigenvalue weighted by Gasteiger charge is -2.09. The number of aromatic nitrogens is 3. The van der Waals surface area contributed by atoms with Crippen LogP contribution >= 0.6 is 11.8 Å². The summed E-state index contributed by atoms with van der Waals surface area (Å²) < 4.78 is 12.4. The van der Waals surface area contributed by atoms with Gasteiger partial charge in [0.2, 0.25) is 5.91 Å². The Morgan fingerprint density at radius 3 is 2.31 bits per heavy atom. The number of hydrogen-bond acceptors (Lipinski definition) is 7. The second-order valence-corrected chi connectivity index (χ2v) is 7.59. The fraction of sp³-hybridized carbons (Fsp3) is 0.304. The van der Waals surface area contributed by atoms with E-state index in [9.17, 15) is 9.59 Å². The molecule has 2 aromatic carbocycles. The molecule has 32 heavy (non-hydrogen) atoms. The van der Waals surface area contributed by atoms with Crippen molar-refractivity contribution >= 4 is 29.3 Å². The van der Waals surface area contributed by atoms with Gasteiger partial charge in [0, 0.05) is 17.8 Å². The van der Waals surface area contributed by atoms with Gasteiger partial charge < -0.3 is 19.4 Å². The summed E-state index contributed by atoms with van der Waals surface area (Å²) in [4.78, 5) is 24.1. The zero-order valence-electron chi connectivity index (χ0n) is 18.3. The third-order valence-corrected chi connectivity index (χ3v) is 5.44. The van der Waals surface area contributed by atoms with Crippen LogP contribution in [0.1, 0.15) is 31.1 Å². The Morgan fingerprint density at radius 1 is 0.969 bits per heavy atom. The Balaban J connectivity index is 1.60. The average Bonchev–Trinajstić information content (AvgIpc) is 3.22. The quantitative estimate of drug-likeness (QED) is 0.361. The molecular formula is C23H26N4O4S. The average molecular weight is 455 g/mol. The van der Waals surface area contributed by atoms with Crippen LogP contribution in [0.25, 0.3) is 11.4 Å². The molecule has 0 saturated carbocycles. The number of nitrogens with one attached hydrogen (secondary N) is 1. The third kappa shape index (κ3) is 5.88. The van der Waals surface area contributed by atoms with Gasteiger partial charge in [0.1, 0.15) is 5.75 Å². The molecule has 9 heteroatoms. The number of anilines is 1. The van der Waals surface area contributed by atoms with E-state index in [4.69, 9.17) is 9.47 Å². The molecule has 3 aromatic rings. The van der Waals surface area contributed by atoms with E-state index in [1.807, 2.05) is 42.7 Å². The van der Waals surface area contributed by atoms with Crippen LogP contribution in [0.3, 0.4) is 0 Å². The molecule has 0 bridgehead atoms. The van der Waals surface area contributed by atoms with Gasteiger partial charge in [0.15, 0.2) is 11.0 Å². The lowest BCUT2D eigenvalue weighted by Crippen LogP contribution is -2.15. The maximum Gasteiger partial charge on any atom is 0.338 e. The van der Waals surface area contributed by atoms with Crippen LogP contribution in [0.4, 0.5) is 5.69 Å². The standard InChI is InChI=1S/C23H26N4O4S/c1-4-27-21(16-9-13-19(14-10-16)30-5-2)25-26-23(27)32-15-20(28)24-18-11-7-17(8-12-18)22(29)31-6-3/h7-14H,4-6,15H2,1-3H3,(H,24,28). The maximum absolute atomic E-state index is 12.4. The van der Waals surface area contributed by atoms with Crippen molar-refractivity contribution in [2.45, 2.75) is 32.5 Å². The second-order valence-electron chi connectivity index (χ2n) is 6.64. The molecule has 0 spiro atoms. The zero-order valence-corrected chi connectivity index (χ0v) is 19.1. The minimum absolute atomic E-state index is 0.174. The van der Waals surface area contributed by atoms with Crippen LogP contribution in [-0.2, 0) is 16.1 Å². The summed E-state index contributed by atoms with van der Waals surface area (Å²) in [6.07, 6.45) is 0. The number of nitrogens with zero attached hydrogens (tertiary/aromatic N) is 3. The molecule has 3 rings (SSSR count). The Bertz CT molecular complexity index is 1050. The van der Waals surface area contributed by atoms with Crippen LogP contribution < -0.4 is 10.1 Å². The Kier molecular flexibility index (Phi) is 8.27. The molecule has 1 heterocycles. The van der Waals surface area contributed by atoms with E-state index in [-0.39, 0.29) is 17.6 Å². The molecule has 0 aliphatic rings. The first kappa shape index (κ1) is 23.3. The van der Waals surface area contributed by atoms with E-state index in [2.05, 4.69) is 15.5 Å². The maximum atomic E-state index is 12.4. The fourth-order valence-electron chi connectivity index (χ4n) is 2.99. The summed E-state index contributed by atoms with van der Waals surface area (Å²) in [5, 5.41) is 12.1. The predicted molar refractivity (Wildman–Crippen MR) is 124 cm³/mol. The van der Waals surface area contributed by atoms with Crippen LogP contribution in [0.2, 0.25) is 0 Å². The number of hydrogen-bond donors (Lipinski definition) is 1. The normalized spacial score (nSPS) is 10.6. The van der Waals surface area contributed by atoms with Gasteiger partial charge in [-0.1, -0.05) is 11.8 Å². The number of benzene rings is 2. The van der Waals surface area contributed by atoms with Crippen LogP contribution in [0.5, 0.6) is 5.75 Å². The van der Waals surface area contributed by atoms with E-state index in [0.717, 1.165) is 17.1 Å². The van der Waals surface area contributed by atoms with Crippen molar-refractivity contribution in [3.8, 4) is 17.1 Å². The van der Waals surface area contributed by atoms with E-state index in [1.165, 1.54) is 11.8 Å². The summed E-state index contributed by atoms with van der Waals surface area (Å²) in [5.74, 6) is 1.17. The highest BCUT2D eigenvalue weighted by molar-refractivity contribution is 7.99. The van der Waals surface area contributed by atoms with Crippen molar-refractivity contribution in [2.75, 3.05) is 24.3 Å². The highest BCUT2D eigenvalue weighted by Crippen LogP contribution is 2.26. The Labute approximate surface area is 191 Å². The molecule has 0 fully saturated rings. The van der Waals surface area contributed by atoms with Crippen molar-refractivity contribution in [2.24, 2.45) is 0 Å².